The molecule has 0 bridgehead atoms. The Bertz CT molecular complexity index is 619. The van der Waals surface area contributed by atoms with Crippen molar-refractivity contribution < 1.29 is 4.39 Å². The van der Waals surface area contributed by atoms with Gasteiger partial charge in [-0.05, 0) is 56.5 Å². The standard InChI is InChI=1S/C12H11Br2FN4/c1-6-3-8(15)7(13)4-9(6)19-12-10(14)11(16-2)17-5-18-12/h3-5H,1-2H3,(H2,16,17,18,19). The highest BCUT2D eigenvalue weighted by Gasteiger charge is 2.10. The number of aryl methyl sites for hydroxylation is 1. The summed E-state index contributed by atoms with van der Waals surface area (Å²) < 4.78 is 14.5. The van der Waals surface area contributed by atoms with Crippen LogP contribution in [-0.2, 0) is 0 Å². The lowest BCUT2D eigenvalue weighted by Crippen LogP contribution is -2.01. The van der Waals surface area contributed by atoms with E-state index in [1.165, 1.54) is 12.4 Å². The number of hydrogen-bond acceptors (Lipinski definition) is 4. The zero-order valence-corrected chi connectivity index (χ0v) is 13.4. The summed E-state index contributed by atoms with van der Waals surface area (Å²) in [5.74, 6) is 0.998. The van der Waals surface area contributed by atoms with Crippen LogP contribution >= 0.6 is 31.9 Å². The van der Waals surface area contributed by atoms with Crippen LogP contribution in [0.4, 0.5) is 21.7 Å². The van der Waals surface area contributed by atoms with E-state index in [1.807, 2.05) is 6.92 Å². The molecule has 0 aliphatic heterocycles. The van der Waals surface area contributed by atoms with Crippen LogP contribution in [-0.4, -0.2) is 17.0 Å². The van der Waals surface area contributed by atoms with Gasteiger partial charge in [0, 0.05) is 12.7 Å². The molecule has 1 heterocycles. The summed E-state index contributed by atoms with van der Waals surface area (Å²) in [5, 5.41) is 6.10. The van der Waals surface area contributed by atoms with Gasteiger partial charge < -0.3 is 10.6 Å². The fourth-order valence-corrected chi connectivity index (χ4v) is 2.39. The second-order valence-electron chi connectivity index (χ2n) is 3.84. The molecule has 0 saturated heterocycles. The average molecular weight is 390 g/mol. The van der Waals surface area contributed by atoms with Crippen molar-refractivity contribution in [1.82, 2.24) is 9.97 Å². The van der Waals surface area contributed by atoms with Crippen molar-refractivity contribution in [2.45, 2.75) is 6.92 Å². The van der Waals surface area contributed by atoms with Crippen LogP contribution in [0.3, 0.4) is 0 Å². The molecule has 2 rings (SSSR count). The fraction of sp³-hybridized carbons (Fsp3) is 0.167. The smallest absolute Gasteiger partial charge is 0.150 e. The minimum absolute atomic E-state index is 0.291. The van der Waals surface area contributed by atoms with E-state index in [-0.39, 0.29) is 5.82 Å². The van der Waals surface area contributed by atoms with Gasteiger partial charge in [0.25, 0.3) is 0 Å². The zero-order valence-electron chi connectivity index (χ0n) is 10.3. The molecule has 19 heavy (non-hydrogen) atoms. The summed E-state index contributed by atoms with van der Waals surface area (Å²) in [4.78, 5) is 8.23. The third kappa shape index (κ3) is 3.03. The van der Waals surface area contributed by atoms with Crippen molar-refractivity contribution in [2.24, 2.45) is 0 Å². The SMILES string of the molecule is CNc1ncnc(Nc2cc(Br)c(F)cc2C)c1Br. The second-order valence-corrected chi connectivity index (χ2v) is 5.49. The number of rotatable bonds is 3. The molecule has 1 aromatic heterocycles. The van der Waals surface area contributed by atoms with Crippen LogP contribution in [0, 0.1) is 12.7 Å². The molecule has 1 aromatic carbocycles. The van der Waals surface area contributed by atoms with Crippen LogP contribution in [0.2, 0.25) is 0 Å². The topological polar surface area (TPSA) is 49.8 Å². The Hall–Kier alpha value is -1.21. The maximum absolute atomic E-state index is 13.4. The summed E-state index contributed by atoms with van der Waals surface area (Å²) >= 11 is 6.59. The van der Waals surface area contributed by atoms with Crippen LogP contribution in [0.15, 0.2) is 27.4 Å². The van der Waals surface area contributed by atoms with Gasteiger partial charge in [0.15, 0.2) is 0 Å². The maximum atomic E-state index is 13.4. The van der Waals surface area contributed by atoms with Crippen LogP contribution in [0.5, 0.6) is 0 Å². The van der Waals surface area contributed by atoms with E-state index in [1.54, 1.807) is 13.1 Å². The van der Waals surface area contributed by atoms with Gasteiger partial charge in [-0.25, -0.2) is 14.4 Å². The summed E-state index contributed by atoms with van der Waals surface area (Å²) in [6.07, 6.45) is 1.45. The van der Waals surface area contributed by atoms with Crippen molar-refractivity contribution in [3.05, 3.63) is 38.8 Å². The maximum Gasteiger partial charge on any atom is 0.150 e. The van der Waals surface area contributed by atoms with E-state index in [4.69, 9.17) is 0 Å². The van der Waals surface area contributed by atoms with Gasteiger partial charge >= 0.3 is 0 Å². The normalized spacial score (nSPS) is 10.4. The van der Waals surface area contributed by atoms with E-state index in [9.17, 15) is 4.39 Å². The van der Waals surface area contributed by atoms with E-state index < -0.39 is 0 Å². The van der Waals surface area contributed by atoms with Gasteiger partial charge in [0.1, 0.15) is 28.3 Å². The first-order valence-corrected chi connectivity index (χ1v) is 7.02. The Morgan fingerprint density at radius 2 is 1.84 bits per heavy atom. The van der Waals surface area contributed by atoms with Crippen molar-refractivity contribution in [3.8, 4) is 0 Å². The lowest BCUT2D eigenvalue weighted by Gasteiger charge is -2.12. The summed E-state index contributed by atoms with van der Waals surface area (Å²) in [6.45, 7) is 1.83. The van der Waals surface area contributed by atoms with Crippen molar-refractivity contribution in [2.75, 3.05) is 17.7 Å². The number of aromatic nitrogens is 2. The van der Waals surface area contributed by atoms with Crippen LogP contribution in [0.1, 0.15) is 5.56 Å². The minimum Gasteiger partial charge on any atom is -0.372 e. The lowest BCUT2D eigenvalue weighted by molar-refractivity contribution is 0.620. The fourth-order valence-electron chi connectivity index (χ4n) is 1.54. The first kappa shape index (κ1) is 14.2. The highest BCUT2D eigenvalue weighted by atomic mass is 79.9. The number of halogens is 3. The number of benzene rings is 1. The largest absolute Gasteiger partial charge is 0.372 e. The monoisotopic (exact) mass is 388 g/mol. The van der Waals surface area contributed by atoms with E-state index in [2.05, 4.69) is 52.5 Å². The van der Waals surface area contributed by atoms with Crippen LogP contribution < -0.4 is 10.6 Å². The Morgan fingerprint density at radius 3 is 2.53 bits per heavy atom. The van der Waals surface area contributed by atoms with Gasteiger partial charge in [-0.1, -0.05) is 0 Å². The Labute approximate surface area is 127 Å². The first-order chi connectivity index (χ1) is 9.02. The zero-order chi connectivity index (χ0) is 14.0. The quantitative estimate of drug-likeness (QED) is 0.824. The number of nitrogens with one attached hydrogen (secondary N) is 2. The molecule has 0 aliphatic rings. The molecule has 0 unspecified atom stereocenters. The average Bonchev–Trinajstić information content (AvgIpc) is 2.38. The third-order valence-electron chi connectivity index (χ3n) is 2.55. The van der Waals surface area contributed by atoms with E-state index in [0.29, 0.717) is 16.1 Å². The van der Waals surface area contributed by atoms with Gasteiger partial charge in [0.2, 0.25) is 0 Å². The summed E-state index contributed by atoms with van der Waals surface area (Å²) in [5.41, 5.74) is 1.56. The van der Waals surface area contributed by atoms with Gasteiger partial charge in [0.05, 0.1) is 4.47 Å². The molecular weight excluding hydrogens is 379 g/mol. The molecule has 2 aromatic rings. The van der Waals surface area contributed by atoms with E-state index in [0.717, 1.165) is 15.7 Å². The summed E-state index contributed by atoms with van der Waals surface area (Å²) in [7, 11) is 1.77. The molecule has 4 nitrogen and oxygen atoms in total. The Kier molecular flexibility index (Phi) is 4.36. The molecule has 0 amide bonds. The predicted molar refractivity (Wildman–Crippen MR) is 81.4 cm³/mol. The lowest BCUT2D eigenvalue weighted by atomic mass is 10.2. The molecule has 2 N–H and O–H groups in total. The second kappa shape index (κ2) is 5.83. The molecule has 0 spiro atoms. The Balaban J connectivity index is 2.39. The molecular formula is C12H11Br2FN4. The molecule has 100 valence electrons. The molecule has 0 fully saturated rings. The minimum atomic E-state index is -0.291. The number of hydrogen-bond donors (Lipinski definition) is 2. The highest BCUT2D eigenvalue weighted by molar-refractivity contribution is 9.11. The van der Waals surface area contributed by atoms with Crippen molar-refractivity contribution >= 4 is 49.2 Å². The van der Waals surface area contributed by atoms with Crippen LogP contribution in [0.25, 0.3) is 0 Å². The molecule has 0 saturated carbocycles. The molecule has 0 atom stereocenters. The molecule has 0 aliphatic carbocycles. The third-order valence-corrected chi connectivity index (χ3v) is 3.91. The van der Waals surface area contributed by atoms with Crippen molar-refractivity contribution in [1.29, 1.82) is 0 Å². The summed E-state index contributed by atoms with van der Waals surface area (Å²) in [6, 6.07) is 3.14. The molecule has 0 radical (unpaired) electrons. The number of nitrogens with zero attached hydrogens (tertiary/aromatic N) is 2. The Morgan fingerprint density at radius 1 is 1.16 bits per heavy atom. The number of anilines is 3. The molecule has 7 heteroatoms. The van der Waals surface area contributed by atoms with Gasteiger partial charge in [-0.15, -0.1) is 0 Å². The predicted octanol–water partition coefficient (Wildman–Crippen LogP) is 4.23. The van der Waals surface area contributed by atoms with Crippen molar-refractivity contribution in [3.63, 3.8) is 0 Å². The van der Waals surface area contributed by atoms with Gasteiger partial charge in [-0.3, -0.25) is 0 Å². The van der Waals surface area contributed by atoms with Gasteiger partial charge in [-0.2, -0.15) is 0 Å². The first-order valence-electron chi connectivity index (χ1n) is 5.44. The van der Waals surface area contributed by atoms with E-state index >= 15 is 0 Å². The highest BCUT2D eigenvalue weighted by Crippen LogP contribution is 2.31.